The first-order valence-electron chi connectivity index (χ1n) is 7.48. The molecule has 0 unspecified atom stereocenters. The summed E-state index contributed by atoms with van der Waals surface area (Å²) in [6.07, 6.45) is 9.04. The van der Waals surface area contributed by atoms with Gasteiger partial charge in [0.1, 0.15) is 0 Å². The number of nitrogens with one attached hydrogen (secondary N) is 2. The summed E-state index contributed by atoms with van der Waals surface area (Å²) in [5, 5.41) is 6.27. The maximum atomic E-state index is 11.6. The highest BCUT2D eigenvalue weighted by molar-refractivity contribution is 5.76. The van der Waals surface area contributed by atoms with E-state index < -0.39 is 0 Å². The van der Waals surface area contributed by atoms with Crippen LogP contribution in [0.1, 0.15) is 38.5 Å². The number of nitrogens with zero attached hydrogens (tertiary/aromatic N) is 1. The quantitative estimate of drug-likeness (QED) is 0.492. The highest BCUT2D eigenvalue weighted by Crippen LogP contribution is 2.19. The Morgan fingerprint density at radius 3 is 2.79 bits per heavy atom. The first-order valence-corrected chi connectivity index (χ1v) is 7.48. The van der Waals surface area contributed by atoms with Crippen LogP contribution in [0.2, 0.25) is 0 Å². The van der Waals surface area contributed by atoms with E-state index in [1.165, 1.54) is 31.3 Å². The molecule has 4 nitrogen and oxygen atoms in total. The summed E-state index contributed by atoms with van der Waals surface area (Å²) in [6, 6.07) is 0. The summed E-state index contributed by atoms with van der Waals surface area (Å²) in [6.45, 7) is 3.51. The van der Waals surface area contributed by atoms with Gasteiger partial charge in [-0.25, -0.2) is 0 Å². The molecule has 0 spiro atoms. The lowest BCUT2D eigenvalue weighted by Gasteiger charge is -2.13. The summed E-state index contributed by atoms with van der Waals surface area (Å²) >= 11 is 0. The molecule has 0 heterocycles. The van der Waals surface area contributed by atoms with E-state index in [0.717, 1.165) is 32.6 Å². The third-order valence-corrected chi connectivity index (χ3v) is 3.42. The van der Waals surface area contributed by atoms with Gasteiger partial charge in [-0.2, -0.15) is 0 Å². The largest absolute Gasteiger partial charge is 0.356 e. The Kier molecular flexibility index (Phi) is 8.50. The van der Waals surface area contributed by atoms with Crippen molar-refractivity contribution in [1.29, 1.82) is 0 Å². The van der Waals surface area contributed by atoms with Crippen molar-refractivity contribution in [2.24, 2.45) is 0 Å². The minimum atomic E-state index is 0.161. The van der Waals surface area contributed by atoms with Crippen LogP contribution in [-0.4, -0.2) is 51.1 Å². The van der Waals surface area contributed by atoms with Crippen molar-refractivity contribution in [2.45, 2.75) is 38.5 Å². The molecule has 1 aliphatic rings. The zero-order valence-corrected chi connectivity index (χ0v) is 12.5. The standard InChI is InChI=1S/C15H29N3O/c1-18(2)13-12-16-10-9-15(19)17-11-8-14-6-4-3-5-7-14/h6,16H,3-5,7-13H2,1-2H3,(H,17,19). The molecule has 0 aromatic heterocycles. The molecule has 0 aromatic rings. The van der Waals surface area contributed by atoms with Crippen LogP contribution in [0.25, 0.3) is 0 Å². The third-order valence-electron chi connectivity index (χ3n) is 3.42. The lowest BCUT2D eigenvalue weighted by Crippen LogP contribution is -2.31. The number of hydrogen-bond acceptors (Lipinski definition) is 3. The average Bonchev–Trinajstić information content (AvgIpc) is 2.39. The monoisotopic (exact) mass is 267 g/mol. The van der Waals surface area contributed by atoms with Crippen LogP contribution in [0.3, 0.4) is 0 Å². The van der Waals surface area contributed by atoms with Crippen LogP contribution in [0.4, 0.5) is 0 Å². The summed E-state index contributed by atoms with van der Waals surface area (Å²) in [7, 11) is 4.10. The van der Waals surface area contributed by atoms with Gasteiger partial charge in [-0.05, 0) is 46.2 Å². The Morgan fingerprint density at radius 2 is 2.11 bits per heavy atom. The van der Waals surface area contributed by atoms with E-state index in [1.54, 1.807) is 0 Å². The van der Waals surface area contributed by atoms with Gasteiger partial charge >= 0.3 is 0 Å². The van der Waals surface area contributed by atoms with Crippen LogP contribution in [0.15, 0.2) is 11.6 Å². The van der Waals surface area contributed by atoms with Crippen molar-refractivity contribution < 1.29 is 4.79 Å². The molecule has 0 saturated carbocycles. The Morgan fingerprint density at radius 1 is 1.26 bits per heavy atom. The van der Waals surface area contributed by atoms with E-state index in [9.17, 15) is 4.79 Å². The number of carbonyl (C=O) groups is 1. The molecule has 1 aliphatic carbocycles. The second-order valence-corrected chi connectivity index (χ2v) is 5.51. The van der Waals surface area contributed by atoms with Crippen molar-refractivity contribution in [2.75, 3.05) is 40.3 Å². The molecule has 0 atom stereocenters. The van der Waals surface area contributed by atoms with Gasteiger partial charge in [-0.15, -0.1) is 0 Å². The first kappa shape index (κ1) is 16.2. The van der Waals surface area contributed by atoms with Crippen molar-refractivity contribution in [3.8, 4) is 0 Å². The minimum absolute atomic E-state index is 0.161. The lowest BCUT2D eigenvalue weighted by atomic mass is 9.97. The van der Waals surface area contributed by atoms with Crippen LogP contribution in [0.5, 0.6) is 0 Å². The van der Waals surface area contributed by atoms with Gasteiger partial charge in [0.05, 0.1) is 0 Å². The molecule has 0 bridgehead atoms. The predicted octanol–water partition coefficient (Wildman–Crippen LogP) is 1.53. The Hall–Kier alpha value is -0.870. The molecule has 0 aliphatic heterocycles. The lowest BCUT2D eigenvalue weighted by molar-refractivity contribution is -0.120. The molecule has 110 valence electrons. The fourth-order valence-corrected chi connectivity index (χ4v) is 2.21. The SMILES string of the molecule is CN(C)CCNCCC(=O)NCCC1=CCCCC1. The second kappa shape index (κ2) is 9.98. The maximum absolute atomic E-state index is 11.6. The first-order chi connectivity index (χ1) is 9.18. The van der Waals surface area contributed by atoms with Crippen LogP contribution in [-0.2, 0) is 4.79 Å². The molecule has 2 N–H and O–H groups in total. The highest BCUT2D eigenvalue weighted by atomic mass is 16.1. The molecule has 0 fully saturated rings. The van der Waals surface area contributed by atoms with E-state index >= 15 is 0 Å². The van der Waals surface area contributed by atoms with Gasteiger partial charge in [0, 0.05) is 32.6 Å². The van der Waals surface area contributed by atoms with E-state index in [4.69, 9.17) is 0 Å². The molecule has 1 rings (SSSR count). The maximum Gasteiger partial charge on any atom is 0.221 e. The minimum Gasteiger partial charge on any atom is -0.356 e. The Bertz CT molecular complexity index is 287. The van der Waals surface area contributed by atoms with E-state index in [-0.39, 0.29) is 5.91 Å². The second-order valence-electron chi connectivity index (χ2n) is 5.51. The van der Waals surface area contributed by atoms with Crippen molar-refractivity contribution in [3.63, 3.8) is 0 Å². The fourth-order valence-electron chi connectivity index (χ4n) is 2.21. The van der Waals surface area contributed by atoms with E-state index in [1.807, 2.05) is 14.1 Å². The van der Waals surface area contributed by atoms with Gasteiger partial charge < -0.3 is 15.5 Å². The van der Waals surface area contributed by atoms with Gasteiger partial charge in [0.2, 0.25) is 5.91 Å². The van der Waals surface area contributed by atoms with Gasteiger partial charge in [-0.1, -0.05) is 11.6 Å². The molecular weight excluding hydrogens is 238 g/mol. The summed E-state index contributed by atoms with van der Waals surface area (Å²) < 4.78 is 0. The van der Waals surface area contributed by atoms with Gasteiger partial charge in [0.15, 0.2) is 0 Å². The average molecular weight is 267 g/mol. The highest BCUT2D eigenvalue weighted by Gasteiger charge is 2.04. The number of hydrogen-bond donors (Lipinski definition) is 2. The smallest absolute Gasteiger partial charge is 0.221 e. The van der Waals surface area contributed by atoms with Gasteiger partial charge in [0.25, 0.3) is 0 Å². The number of allylic oxidation sites excluding steroid dienone is 1. The van der Waals surface area contributed by atoms with Crippen LogP contribution >= 0.6 is 0 Å². The number of likely N-dealkylation sites (N-methyl/N-ethyl adjacent to an activating group) is 1. The summed E-state index contributed by atoms with van der Waals surface area (Å²) in [4.78, 5) is 13.7. The molecule has 4 heteroatoms. The Balaban J connectivity index is 1.94. The van der Waals surface area contributed by atoms with Crippen molar-refractivity contribution in [1.82, 2.24) is 15.5 Å². The van der Waals surface area contributed by atoms with Crippen molar-refractivity contribution >= 4 is 5.91 Å². The fraction of sp³-hybridized carbons (Fsp3) is 0.800. The molecule has 0 saturated heterocycles. The Labute approximate surface area is 117 Å². The molecule has 1 amide bonds. The number of amides is 1. The molecule has 19 heavy (non-hydrogen) atoms. The van der Waals surface area contributed by atoms with E-state index in [0.29, 0.717) is 6.42 Å². The normalized spacial score (nSPS) is 15.4. The topological polar surface area (TPSA) is 44.4 Å². The van der Waals surface area contributed by atoms with Crippen LogP contribution < -0.4 is 10.6 Å². The molecular formula is C15H29N3O. The van der Waals surface area contributed by atoms with Crippen molar-refractivity contribution in [3.05, 3.63) is 11.6 Å². The van der Waals surface area contributed by atoms with Gasteiger partial charge in [-0.3, -0.25) is 4.79 Å². The zero-order chi connectivity index (χ0) is 13.9. The van der Waals surface area contributed by atoms with Crippen LogP contribution in [0, 0.1) is 0 Å². The number of carbonyl (C=O) groups excluding carboxylic acids is 1. The molecule has 0 aromatic carbocycles. The van der Waals surface area contributed by atoms with E-state index in [2.05, 4.69) is 21.6 Å². The summed E-state index contributed by atoms with van der Waals surface area (Å²) in [5.74, 6) is 0.161. The number of rotatable bonds is 9. The predicted molar refractivity (Wildman–Crippen MR) is 80.2 cm³/mol. The molecule has 0 radical (unpaired) electrons. The zero-order valence-electron chi connectivity index (χ0n) is 12.5. The summed E-state index contributed by atoms with van der Waals surface area (Å²) in [5.41, 5.74) is 1.52. The third kappa shape index (κ3) is 8.78.